The van der Waals surface area contributed by atoms with Gasteiger partial charge in [-0.2, -0.15) is 0 Å². The van der Waals surface area contributed by atoms with Crippen LogP contribution in [-0.4, -0.2) is 153 Å². The number of piperazine rings is 1. The Kier molecular flexibility index (Phi) is 19.1. The van der Waals surface area contributed by atoms with Gasteiger partial charge in [0.15, 0.2) is 6.29 Å². The number of piperidine rings is 1. The molecule has 4 heterocycles. The maximum atomic E-state index is 14.0. The summed E-state index contributed by atoms with van der Waals surface area (Å²) in [5.41, 5.74) is 8.36. The van der Waals surface area contributed by atoms with Crippen molar-refractivity contribution in [1.82, 2.24) is 35.6 Å². The van der Waals surface area contributed by atoms with E-state index in [2.05, 4.69) is 78.2 Å². The topological polar surface area (TPSA) is 215 Å². The average molecular weight is 1000 g/mol. The Balaban J connectivity index is 0.847. The van der Waals surface area contributed by atoms with Gasteiger partial charge in [-0.25, -0.2) is 0 Å². The van der Waals surface area contributed by atoms with Gasteiger partial charge in [0.25, 0.3) is 17.4 Å². The molecule has 3 saturated heterocycles. The van der Waals surface area contributed by atoms with Crippen LogP contribution in [0.2, 0.25) is 0 Å². The molecule has 3 aliphatic rings. The first kappa shape index (κ1) is 54.1. The highest BCUT2D eigenvalue weighted by molar-refractivity contribution is 6.09. The number of H-pyrrole nitrogens is 1. The number of aldehydes is 1. The lowest BCUT2D eigenvalue weighted by Crippen LogP contribution is -2.53. The molecule has 0 aliphatic carbocycles. The van der Waals surface area contributed by atoms with Crippen LogP contribution in [0.1, 0.15) is 98.0 Å². The number of aromatic amines is 1. The minimum Gasteiger partial charge on any atom is -0.382 e. The number of aryl methyl sites for hydroxylation is 2. The third-order valence-corrected chi connectivity index (χ3v) is 14.1. The van der Waals surface area contributed by atoms with Crippen LogP contribution in [0.3, 0.4) is 0 Å². The van der Waals surface area contributed by atoms with Crippen molar-refractivity contribution in [3.05, 3.63) is 116 Å². The number of amides is 5. The molecule has 4 aromatic rings. The predicted molar refractivity (Wildman–Crippen MR) is 280 cm³/mol. The summed E-state index contributed by atoms with van der Waals surface area (Å²) in [6, 6.07) is 19.0. The van der Waals surface area contributed by atoms with E-state index in [1.807, 2.05) is 32.9 Å². The van der Waals surface area contributed by atoms with E-state index in [-0.39, 0.29) is 53.8 Å². The van der Waals surface area contributed by atoms with Crippen molar-refractivity contribution < 1.29 is 38.2 Å². The van der Waals surface area contributed by atoms with Crippen LogP contribution in [0.4, 0.5) is 11.4 Å². The van der Waals surface area contributed by atoms with Crippen LogP contribution in [-0.2, 0) is 36.9 Å². The SMILES string of the molecule is CCN(c1cc(-c2ccc(CN3CCN(CC(=O)NCCCOCCNc4cccc(C=O)c4C(=O)N(C)C4CCC(=O)NC4=O)CC3)cc2)cc(C(=O)NCc2c(C)cc(C)[nH]c2=O)c1C)C1CCOCC1. The lowest BCUT2D eigenvalue weighted by molar-refractivity contribution is -0.136. The Morgan fingerprint density at radius 1 is 0.877 bits per heavy atom. The van der Waals surface area contributed by atoms with Crippen molar-refractivity contribution in [2.45, 2.75) is 85.0 Å². The van der Waals surface area contributed by atoms with Crippen molar-refractivity contribution in [2.24, 2.45) is 0 Å². The van der Waals surface area contributed by atoms with E-state index in [0.717, 1.165) is 85.7 Å². The van der Waals surface area contributed by atoms with Crippen molar-refractivity contribution in [3.63, 3.8) is 0 Å². The molecule has 18 heteroatoms. The number of hydrogen-bond acceptors (Lipinski definition) is 13. The summed E-state index contributed by atoms with van der Waals surface area (Å²) in [6.45, 7) is 16.1. The summed E-state index contributed by atoms with van der Waals surface area (Å²) in [6.07, 6.45) is 3.37. The smallest absolute Gasteiger partial charge is 0.257 e. The fourth-order valence-corrected chi connectivity index (χ4v) is 10.00. The van der Waals surface area contributed by atoms with Crippen molar-refractivity contribution in [2.75, 3.05) is 96.0 Å². The number of ether oxygens (including phenoxy) is 2. The molecule has 3 aromatic carbocycles. The Morgan fingerprint density at radius 2 is 1.62 bits per heavy atom. The molecule has 18 nitrogen and oxygen atoms in total. The molecular weight excluding hydrogens is 931 g/mol. The van der Waals surface area contributed by atoms with E-state index in [4.69, 9.17) is 9.47 Å². The predicted octanol–water partition coefficient (Wildman–Crippen LogP) is 4.34. The molecule has 0 radical (unpaired) electrons. The van der Waals surface area contributed by atoms with Crippen LogP contribution < -0.4 is 31.7 Å². The number of nitrogens with one attached hydrogen (secondary N) is 5. The summed E-state index contributed by atoms with van der Waals surface area (Å²) in [7, 11) is 1.48. The molecule has 7 rings (SSSR count). The van der Waals surface area contributed by atoms with Crippen LogP contribution in [0.15, 0.2) is 65.5 Å². The van der Waals surface area contributed by atoms with Gasteiger partial charge in [0, 0.05) is 132 Å². The maximum Gasteiger partial charge on any atom is 0.257 e. The second kappa shape index (κ2) is 25.8. The number of hydrogen-bond donors (Lipinski definition) is 5. The van der Waals surface area contributed by atoms with Gasteiger partial charge in [-0.3, -0.25) is 48.7 Å². The lowest BCUT2D eigenvalue weighted by Gasteiger charge is -2.37. The molecule has 5 amide bonds. The molecule has 0 saturated carbocycles. The standard InChI is InChI=1S/C55H71N9O9/c1-6-64(43-17-26-73-27-18-43)48-31-42(30-44(38(48)4)52(68)58-32-45-36(2)29-37(3)59-53(45)69)40-13-11-39(12-14-40)33-62-21-23-63(24-22-62)34-50(67)57-19-8-25-72-28-20-56-46-10-7-9-41(35-65)51(46)55(71)61(5)47-15-16-49(66)60-54(47)70/h7,9-14,29-31,35,43,47,56H,6,8,15-28,32-34H2,1-5H3,(H,57,67)(H,58,68)(H,59,69)(H,60,66,70). The second-order valence-corrected chi connectivity index (χ2v) is 19.2. The molecule has 3 fully saturated rings. The second-order valence-electron chi connectivity index (χ2n) is 19.2. The number of carbonyl (C=O) groups is 6. The first-order chi connectivity index (χ1) is 35.2. The largest absolute Gasteiger partial charge is 0.382 e. The van der Waals surface area contributed by atoms with E-state index in [0.29, 0.717) is 81.6 Å². The molecule has 5 N–H and O–H groups in total. The minimum atomic E-state index is -0.826. The summed E-state index contributed by atoms with van der Waals surface area (Å²) >= 11 is 0. The zero-order valence-electron chi connectivity index (χ0n) is 42.9. The highest BCUT2D eigenvalue weighted by atomic mass is 16.5. The molecule has 1 aromatic heterocycles. The van der Waals surface area contributed by atoms with Gasteiger partial charge in [0.05, 0.1) is 18.7 Å². The Morgan fingerprint density at radius 3 is 2.32 bits per heavy atom. The van der Waals surface area contributed by atoms with Crippen molar-refractivity contribution >= 4 is 47.2 Å². The monoisotopic (exact) mass is 1000 g/mol. The van der Waals surface area contributed by atoms with E-state index < -0.39 is 17.9 Å². The number of anilines is 2. The number of nitrogens with zero attached hydrogens (tertiary/aromatic N) is 4. The first-order valence-electron chi connectivity index (χ1n) is 25.5. The zero-order valence-corrected chi connectivity index (χ0v) is 42.9. The summed E-state index contributed by atoms with van der Waals surface area (Å²) in [4.78, 5) is 100. The van der Waals surface area contributed by atoms with E-state index in [1.165, 1.54) is 23.6 Å². The minimum absolute atomic E-state index is 0.0356. The molecule has 0 bridgehead atoms. The van der Waals surface area contributed by atoms with Gasteiger partial charge >= 0.3 is 0 Å². The van der Waals surface area contributed by atoms with Crippen molar-refractivity contribution in [3.8, 4) is 11.1 Å². The Bertz CT molecular complexity index is 2680. The molecule has 1 unspecified atom stereocenters. The highest BCUT2D eigenvalue weighted by Gasteiger charge is 2.34. The lowest BCUT2D eigenvalue weighted by atomic mass is 9.94. The van der Waals surface area contributed by atoms with Gasteiger partial charge in [0.2, 0.25) is 17.7 Å². The van der Waals surface area contributed by atoms with Gasteiger partial charge in [0.1, 0.15) is 6.04 Å². The van der Waals surface area contributed by atoms with E-state index in [9.17, 15) is 33.6 Å². The van der Waals surface area contributed by atoms with Crippen LogP contribution in [0, 0.1) is 20.8 Å². The van der Waals surface area contributed by atoms with Crippen LogP contribution >= 0.6 is 0 Å². The number of likely N-dealkylation sites (N-methyl/N-ethyl adjacent to an activating group) is 1. The van der Waals surface area contributed by atoms with Gasteiger partial charge < -0.3 is 40.2 Å². The van der Waals surface area contributed by atoms with E-state index >= 15 is 0 Å². The highest BCUT2D eigenvalue weighted by Crippen LogP contribution is 2.34. The molecular formula is C55H71N9O9. The zero-order chi connectivity index (χ0) is 52.0. The third kappa shape index (κ3) is 14.1. The normalized spacial score (nSPS) is 16.6. The number of benzene rings is 3. The summed E-state index contributed by atoms with van der Waals surface area (Å²) in [5.74, 6) is -1.69. The summed E-state index contributed by atoms with van der Waals surface area (Å²) in [5, 5.41) is 11.5. The molecule has 1 atom stereocenters. The van der Waals surface area contributed by atoms with Crippen LogP contribution in [0.25, 0.3) is 11.1 Å². The number of rotatable bonds is 22. The first-order valence-corrected chi connectivity index (χ1v) is 25.5. The maximum absolute atomic E-state index is 14.0. The van der Waals surface area contributed by atoms with Gasteiger partial charge in [-0.05, 0) is 105 Å². The quantitative estimate of drug-likeness (QED) is 0.0422. The molecule has 0 spiro atoms. The van der Waals surface area contributed by atoms with Gasteiger partial charge in [-0.1, -0.05) is 36.4 Å². The molecule has 390 valence electrons. The fourth-order valence-electron chi connectivity index (χ4n) is 10.00. The molecule has 73 heavy (non-hydrogen) atoms. The summed E-state index contributed by atoms with van der Waals surface area (Å²) < 4.78 is 11.5. The molecule has 3 aliphatic heterocycles. The number of pyridine rings is 1. The Labute approximate surface area is 427 Å². The third-order valence-electron chi connectivity index (χ3n) is 14.1. The number of imide groups is 1. The number of carbonyl (C=O) groups excluding carboxylic acids is 6. The fraction of sp³-hybridized carbons (Fsp3) is 0.473. The Hall–Kier alpha value is -6.73. The van der Waals surface area contributed by atoms with Gasteiger partial charge in [-0.15, -0.1) is 0 Å². The van der Waals surface area contributed by atoms with Crippen molar-refractivity contribution in [1.29, 1.82) is 0 Å². The van der Waals surface area contributed by atoms with E-state index in [1.54, 1.807) is 12.1 Å². The van der Waals surface area contributed by atoms with Crippen LogP contribution in [0.5, 0.6) is 0 Å². The number of aromatic nitrogens is 1. The average Bonchev–Trinajstić information content (AvgIpc) is 3.38.